The largest absolute Gasteiger partial charge is 0.481 e. The number of halogens is 2. The molecule has 0 spiro atoms. The van der Waals surface area contributed by atoms with Crippen LogP contribution in [0.15, 0.2) is 49.1 Å². The predicted molar refractivity (Wildman–Crippen MR) is 93.5 cm³/mol. The fraction of sp³-hybridized carbons (Fsp3) is 0.0625. The number of nitro benzene ring substituents is 1. The van der Waals surface area contributed by atoms with Crippen molar-refractivity contribution in [3.63, 3.8) is 0 Å². The summed E-state index contributed by atoms with van der Waals surface area (Å²) in [6, 6.07) is 7.66. The van der Waals surface area contributed by atoms with Crippen molar-refractivity contribution < 1.29 is 18.8 Å². The zero-order valence-electron chi connectivity index (χ0n) is 13.5. The van der Waals surface area contributed by atoms with Gasteiger partial charge in [-0.3, -0.25) is 14.9 Å². The molecule has 11 heteroatoms. The van der Waals surface area contributed by atoms with Crippen LogP contribution >= 0.6 is 11.6 Å². The van der Waals surface area contributed by atoms with E-state index in [2.05, 4.69) is 15.4 Å². The van der Waals surface area contributed by atoms with Crippen LogP contribution in [-0.4, -0.2) is 32.2 Å². The Labute approximate surface area is 156 Å². The van der Waals surface area contributed by atoms with Crippen molar-refractivity contribution in [3.8, 4) is 11.4 Å². The average molecular weight is 392 g/mol. The normalized spacial score (nSPS) is 10.4. The number of amides is 1. The number of non-ortho nitro benzene ring substituents is 1. The Morgan fingerprint density at radius 3 is 2.81 bits per heavy atom. The first-order chi connectivity index (χ1) is 12.9. The number of carbonyl (C=O) groups excluding carboxylic acids is 1. The zero-order valence-corrected chi connectivity index (χ0v) is 14.3. The van der Waals surface area contributed by atoms with Crippen LogP contribution in [0.5, 0.6) is 5.75 Å². The summed E-state index contributed by atoms with van der Waals surface area (Å²) < 4.78 is 20.3. The van der Waals surface area contributed by atoms with Gasteiger partial charge in [0, 0.05) is 11.1 Å². The van der Waals surface area contributed by atoms with Gasteiger partial charge in [-0.2, -0.15) is 5.10 Å². The van der Waals surface area contributed by atoms with Crippen LogP contribution < -0.4 is 10.1 Å². The van der Waals surface area contributed by atoms with E-state index in [1.165, 1.54) is 23.4 Å². The molecule has 0 fully saturated rings. The first-order valence-corrected chi connectivity index (χ1v) is 7.83. The molecule has 0 aliphatic rings. The van der Waals surface area contributed by atoms with E-state index in [0.29, 0.717) is 22.5 Å². The third kappa shape index (κ3) is 4.36. The minimum atomic E-state index is -0.942. The number of nitro groups is 1. The quantitative estimate of drug-likeness (QED) is 0.510. The predicted octanol–water partition coefficient (Wildman–Crippen LogP) is 2.99. The lowest BCUT2D eigenvalue weighted by molar-refractivity contribution is -0.385. The Morgan fingerprint density at radius 1 is 1.33 bits per heavy atom. The Morgan fingerprint density at radius 2 is 2.15 bits per heavy atom. The zero-order chi connectivity index (χ0) is 19.4. The Hall–Kier alpha value is -3.53. The van der Waals surface area contributed by atoms with Crippen molar-refractivity contribution in [1.29, 1.82) is 0 Å². The van der Waals surface area contributed by atoms with E-state index >= 15 is 0 Å². The second-order valence-electron chi connectivity index (χ2n) is 5.21. The molecule has 3 aromatic rings. The van der Waals surface area contributed by atoms with Gasteiger partial charge in [0.1, 0.15) is 12.7 Å². The highest BCUT2D eigenvalue weighted by Gasteiger charge is 2.14. The molecule has 0 saturated heterocycles. The Kier molecular flexibility index (Phi) is 5.27. The van der Waals surface area contributed by atoms with Crippen molar-refractivity contribution in [2.75, 3.05) is 11.9 Å². The molecule has 0 bridgehead atoms. The lowest BCUT2D eigenvalue weighted by atomic mass is 10.2. The molecule has 1 heterocycles. The molecule has 0 saturated carbocycles. The minimum Gasteiger partial charge on any atom is -0.481 e. The van der Waals surface area contributed by atoms with E-state index in [-0.39, 0.29) is 5.75 Å². The number of hydrogen-bond donors (Lipinski definition) is 1. The standard InChI is InChI=1S/C16H11ClFN5O4/c17-10-1-3-14(22-9-19-8-20-22)13(5-10)21-16(24)7-27-15-4-2-11(23(25)26)6-12(15)18/h1-6,8-9H,7H2,(H,21,24). The highest BCUT2D eigenvalue weighted by molar-refractivity contribution is 6.31. The summed E-state index contributed by atoms with van der Waals surface area (Å²) in [4.78, 5) is 25.9. The number of nitrogens with one attached hydrogen (secondary N) is 1. The number of aromatic nitrogens is 3. The van der Waals surface area contributed by atoms with E-state index in [1.54, 1.807) is 12.1 Å². The number of rotatable bonds is 6. The fourth-order valence-electron chi connectivity index (χ4n) is 2.19. The van der Waals surface area contributed by atoms with Gasteiger partial charge in [0.15, 0.2) is 18.2 Å². The molecule has 0 aliphatic heterocycles. The number of benzene rings is 2. The van der Waals surface area contributed by atoms with Gasteiger partial charge in [0.25, 0.3) is 11.6 Å². The molecule has 27 heavy (non-hydrogen) atoms. The number of carbonyl (C=O) groups is 1. The summed E-state index contributed by atoms with van der Waals surface area (Å²) in [7, 11) is 0. The maximum atomic E-state index is 13.8. The number of hydrogen-bond acceptors (Lipinski definition) is 6. The van der Waals surface area contributed by atoms with E-state index in [0.717, 1.165) is 12.1 Å². The first kappa shape index (κ1) is 18.3. The monoisotopic (exact) mass is 391 g/mol. The molecule has 3 rings (SSSR count). The third-order valence-corrected chi connectivity index (χ3v) is 3.62. The SMILES string of the molecule is O=C(COc1ccc([N+](=O)[O-])cc1F)Nc1cc(Cl)ccc1-n1cncn1. The summed E-state index contributed by atoms with van der Waals surface area (Å²) >= 11 is 5.96. The Balaban J connectivity index is 1.70. The van der Waals surface area contributed by atoms with Gasteiger partial charge >= 0.3 is 0 Å². The molecule has 0 radical (unpaired) electrons. The smallest absolute Gasteiger partial charge is 0.272 e. The maximum absolute atomic E-state index is 13.8. The second-order valence-corrected chi connectivity index (χ2v) is 5.65. The summed E-state index contributed by atoms with van der Waals surface area (Å²) in [6.07, 6.45) is 2.78. The van der Waals surface area contributed by atoms with Gasteiger partial charge in [-0.15, -0.1) is 0 Å². The molecule has 0 atom stereocenters. The highest BCUT2D eigenvalue weighted by Crippen LogP contribution is 2.25. The van der Waals surface area contributed by atoms with Crippen LogP contribution in [0.3, 0.4) is 0 Å². The van der Waals surface area contributed by atoms with Gasteiger partial charge in [-0.1, -0.05) is 11.6 Å². The summed E-state index contributed by atoms with van der Waals surface area (Å²) in [5, 5.41) is 17.6. The molecule has 1 aromatic heterocycles. The van der Waals surface area contributed by atoms with Gasteiger partial charge in [0.2, 0.25) is 0 Å². The van der Waals surface area contributed by atoms with E-state index < -0.39 is 28.9 Å². The Bertz CT molecular complexity index is 996. The van der Waals surface area contributed by atoms with Crippen molar-refractivity contribution >= 4 is 28.9 Å². The van der Waals surface area contributed by atoms with Gasteiger partial charge in [-0.05, 0) is 24.3 Å². The van der Waals surface area contributed by atoms with E-state index in [1.807, 2.05) is 0 Å². The highest BCUT2D eigenvalue weighted by atomic mass is 35.5. The fourth-order valence-corrected chi connectivity index (χ4v) is 2.36. The molecular weight excluding hydrogens is 381 g/mol. The van der Waals surface area contributed by atoms with Crippen LogP contribution in [0.1, 0.15) is 0 Å². The van der Waals surface area contributed by atoms with Crippen LogP contribution in [-0.2, 0) is 4.79 Å². The molecule has 9 nitrogen and oxygen atoms in total. The van der Waals surface area contributed by atoms with E-state index in [4.69, 9.17) is 16.3 Å². The molecule has 1 N–H and O–H groups in total. The van der Waals surface area contributed by atoms with Crippen molar-refractivity contribution in [3.05, 3.63) is 70.0 Å². The summed E-state index contributed by atoms with van der Waals surface area (Å²) in [5.74, 6) is -1.81. The van der Waals surface area contributed by atoms with Crippen molar-refractivity contribution in [1.82, 2.24) is 14.8 Å². The molecule has 1 amide bonds. The lowest BCUT2D eigenvalue weighted by Crippen LogP contribution is -2.21. The third-order valence-electron chi connectivity index (χ3n) is 3.38. The molecule has 2 aromatic carbocycles. The van der Waals surface area contributed by atoms with Crippen LogP contribution in [0.4, 0.5) is 15.8 Å². The van der Waals surface area contributed by atoms with Gasteiger partial charge < -0.3 is 10.1 Å². The molecule has 0 unspecified atom stereocenters. The first-order valence-electron chi connectivity index (χ1n) is 7.45. The van der Waals surface area contributed by atoms with Crippen LogP contribution in [0, 0.1) is 15.9 Å². The topological polar surface area (TPSA) is 112 Å². The molecular formula is C16H11ClFN5O4. The number of anilines is 1. The molecule has 138 valence electrons. The number of nitrogens with zero attached hydrogens (tertiary/aromatic N) is 4. The number of ether oxygens (including phenoxy) is 1. The second kappa shape index (κ2) is 7.79. The summed E-state index contributed by atoms with van der Waals surface area (Å²) in [6.45, 7) is -0.516. The average Bonchev–Trinajstić information content (AvgIpc) is 3.15. The summed E-state index contributed by atoms with van der Waals surface area (Å²) in [5.41, 5.74) is 0.457. The maximum Gasteiger partial charge on any atom is 0.272 e. The van der Waals surface area contributed by atoms with Gasteiger partial charge in [0.05, 0.1) is 22.4 Å². The minimum absolute atomic E-state index is 0.279. The lowest BCUT2D eigenvalue weighted by Gasteiger charge is -2.12. The van der Waals surface area contributed by atoms with Crippen LogP contribution in [0.2, 0.25) is 5.02 Å². The molecule has 0 aliphatic carbocycles. The van der Waals surface area contributed by atoms with Crippen molar-refractivity contribution in [2.45, 2.75) is 0 Å². The van der Waals surface area contributed by atoms with E-state index in [9.17, 15) is 19.3 Å². The van der Waals surface area contributed by atoms with Crippen molar-refractivity contribution in [2.24, 2.45) is 0 Å². The van der Waals surface area contributed by atoms with Gasteiger partial charge in [-0.25, -0.2) is 14.1 Å². The van der Waals surface area contributed by atoms with Crippen LogP contribution in [0.25, 0.3) is 5.69 Å².